The van der Waals surface area contributed by atoms with Crippen LogP contribution in [0.4, 0.5) is 0 Å². The maximum atomic E-state index is 3.74. The Morgan fingerprint density at radius 1 is 1.25 bits per heavy atom. The molecule has 0 N–H and O–H groups in total. The minimum atomic E-state index is 0. The highest BCUT2D eigenvalue weighted by atomic mass is 14.0. The summed E-state index contributed by atoms with van der Waals surface area (Å²) in [6.45, 7) is 9.88. The van der Waals surface area contributed by atoms with Crippen LogP contribution in [0.3, 0.4) is 0 Å². The highest BCUT2D eigenvalue weighted by Gasteiger charge is 1.96. The first-order valence-corrected chi connectivity index (χ1v) is 4.52. The van der Waals surface area contributed by atoms with Crippen LogP contribution >= 0.6 is 0 Å². The lowest BCUT2D eigenvalue weighted by atomic mass is 10.0. The van der Waals surface area contributed by atoms with E-state index in [-0.39, 0.29) is 1.43 Å². The summed E-state index contributed by atoms with van der Waals surface area (Å²) in [5.41, 5.74) is 1.33. The predicted octanol–water partition coefficient (Wildman–Crippen LogP) is 4.25. The van der Waals surface area contributed by atoms with E-state index in [1.807, 2.05) is 26.0 Å². The largest absolute Gasteiger partial charge is 0.102 e. The fourth-order valence-electron chi connectivity index (χ4n) is 0.893. The first-order valence-electron chi connectivity index (χ1n) is 4.52. The summed E-state index contributed by atoms with van der Waals surface area (Å²) >= 11 is 0. The van der Waals surface area contributed by atoms with Crippen LogP contribution in [0.5, 0.6) is 0 Å². The molecule has 0 spiro atoms. The Labute approximate surface area is 77.4 Å². The molecule has 1 atom stereocenters. The Bertz CT molecular complexity index is 204. The summed E-state index contributed by atoms with van der Waals surface area (Å²) in [6, 6.07) is 10.4. The van der Waals surface area contributed by atoms with Gasteiger partial charge in [0.05, 0.1) is 0 Å². The lowest BCUT2D eigenvalue weighted by Crippen LogP contribution is -1.85. The molecule has 1 unspecified atom stereocenters. The summed E-state index contributed by atoms with van der Waals surface area (Å²) in [5.74, 6) is 0.473. The maximum absolute atomic E-state index is 3.74. The van der Waals surface area contributed by atoms with Gasteiger partial charge in [-0.05, 0) is 11.5 Å². The zero-order valence-corrected chi connectivity index (χ0v) is 8.25. The number of hydrogen-bond donors (Lipinski definition) is 0. The van der Waals surface area contributed by atoms with Crippen LogP contribution in [-0.2, 0) is 0 Å². The Morgan fingerprint density at radius 2 is 1.75 bits per heavy atom. The van der Waals surface area contributed by atoms with Gasteiger partial charge in [-0.1, -0.05) is 57.2 Å². The summed E-state index contributed by atoms with van der Waals surface area (Å²) in [4.78, 5) is 0. The zero-order valence-electron chi connectivity index (χ0n) is 8.25. The molecule has 0 aromatic heterocycles. The Kier molecular flexibility index (Phi) is 6.08. The lowest BCUT2D eigenvalue weighted by Gasteiger charge is -2.03. The molecule has 0 radical (unpaired) electrons. The van der Waals surface area contributed by atoms with Gasteiger partial charge in [-0.15, -0.1) is 6.58 Å². The fourth-order valence-corrected chi connectivity index (χ4v) is 0.893. The minimum absolute atomic E-state index is 0. The average Bonchev–Trinajstić information content (AvgIpc) is 2.21. The van der Waals surface area contributed by atoms with E-state index in [0.717, 1.165) is 0 Å². The van der Waals surface area contributed by atoms with Crippen molar-refractivity contribution in [2.75, 3.05) is 0 Å². The second-order valence-electron chi connectivity index (χ2n) is 2.44. The van der Waals surface area contributed by atoms with Gasteiger partial charge in [-0.3, -0.25) is 0 Å². The summed E-state index contributed by atoms with van der Waals surface area (Å²) < 4.78 is 0. The van der Waals surface area contributed by atoms with E-state index in [1.54, 1.807) is 0 Å². The van der Waals surface area contributed by atoms with Gasteiger partial charge in [0.1, 0.15) is 0 Å². The van der Waals surface area contributed by atoms with Crippen LogP contribution in [0.15, 0.2) is 43.0 Å². The summed E-state index contributed by atoms with van der Waals surface area (Å²) in [6.07, 6.45) is 1.95. The Morgan fingerprint density at radius 3 is 2.17 bits per heavy atom. The molecular formula is C12H20. The van der Waals surface area contributed by atoms with Crippen molar-refractivity contribution in [2.45, 2.75) is 26.7 Å². The fraction of sp³-hybridized carbons (Fsp3) is 0.333. The molecule has 0 saturated heterocycles. The second kappa shape index (κ2) is 6.66. The molecule has 0 aliphatic heterocycles. The monoisotopic (exact) mass is 164 g/mol. The minimum Gasteiger partial charge on any atom is -0.102 e. The van der Waals surface area contributed by atoms with Gasteiger partial charge >= 0.3 is 0 Å². The van der Waals surface area contributed by atoms with Crippen molar-refractivity contribution in [3.8, 4) is 0 Å². The highest BCUT2D eigenvalue weighted by Crippen LogP contribution is 2.14. The quantitative estimate of drug-likeness (QED) is 0.573. The van der Waals surface area contributed by atoms with Crippen LogP contribution in [0.2, 0.25) is 0 Å². The van der Waals surface area contributed by atoms with Gasteiger partial charge in [0.25, 0.3) is 0 Å². The molecule has 0 heterocycles. The van der Waals surface area contributed by atoms with Gasteiger partial charge in [0.15, 0.2) is 0 Å². The molecular weight excluding hydrogens is 144 g/mol. The standard InChI is InChI=1S/C10H12.C2H6.H2/c1-3-9(2)10-7-5-4-6-8-10;1-2;/h3-9H,1H2,2H3;1-2H3;1H. The molecule has 0 amide bonds. The van der Waals surface area contributed by atoms with Crippen molar-refractivity contribution in [2.24, 2.45) is 0 Å². The molecule has 12 heavy (non-hydrogen) atoms. The maximum Gasteiger partial charge on any atom is 0 e. The number of hydrogen-bond acceptors (Lipinski definition) is 0. The van der Waals surface area contributed by atoms with E-state index < -0.39 is 0 Å². The van der Waals surface area contributed by atoms with Crippen molar-refractivity contribution < 1.29 is 1.43 Å². The normalized spacial score (nSPS) is 10.9. The van der Waals surface area contributed by atoms with Crippen LogP contribution in [0.1, 0.15) is 33.7 Å². The summed E-state index contributed by atoms with van der Waals surface area (Å²) in [7, 11) is 0. The molecule has 68 valence electrons. The van der Waals surface area contributed by atoms with Crippen LogP contribution < -0.4 is 0 Å². The first kappa shape index (κ1) is 11.0. The van der Waals surface area contributed by atoms with Gasteiger partial charge < -0.3 is 0 Å². The molecule has 0 fully saturated rings. The second-order valence-corrected chi connectivity index (χ2v) is 2.44. The van der Waals surface area contributed by atoms with E-state index in [2.05, 4.69) is 37.8 Å². The van der Waals surface area contributed by atoms with Crippen molar-refractivity contribution in [1.82, 2.24) is 0 Å². The molecule has 0 heteroatoms. The molecule has 1 aromatic carbocycles. The van der Waals surface area contributed by atoms with Crippen LogP contribution in [0, 0.1) is 0 Å². The lowest BCUT2D eigenvalue weighted by molar-refractivity contribution is 0.971. The van der Waals surface area contributed by atoms with Crippen molar-refractivity contribution in [1.29, 1.82) is 0 Å². The third kappa shape index (κ3) is 3.38. The van der Waals surface area contributed by atoms with E-state index in [9.17, 15) is 0 Å². The molecule has 0 nitrogen and oxygen atoms in total. The number of rotatable bonds is 2. The van der Waals surface area contributed by atoms with Crippen molar-refractivity contribution in [3.63, 3.8) is 0 Å². The Hall–Kier alpha value is -1.04. The van der Waals surface area contributed by atoms with Gasteiger partial charge in [-0.25, -0.2) is 0 Å². The van der Waals surface area contributed by atoms with Crippen LogP contribution in [0.25, 0.3) is 0 Å². The number of benzene rings is 1. The van der Waals surface area contributed by atoms with Crippen molar-refractivity contribution >= 4 is 0 Å². The van der Waals surface area contributed by atoms with Crippen molar-refractivity contribution in [3.05, 3.63) is 48.6 Å². The zero-order chi connectivity index (χ0) is 9.40. The van der Waals surface area contributed by atoms with Gasteiger partial charge in [0, 0.05) is 1.43 Å². The van der Waals surface area contributed by atoms with E-state index in [1.165, 1.54) is 5.56 Å². The topological polar surface area (TPSA) is 0 Å². The number of allylic oxidation sites excluding steroid dienone is 1. The molecule has 1 aromatic rings. The van der Waals surface area contributed by atoms with E-state index >= 15 is 0 Å². The third-order valence-corrected chi connectivity index (χ3v) is 1.68. The Balaban J connectivity index is 0. The van der Waals surface area contributed by atoms with E-state index in [4.69, 9.17) is 0 Å². The van der Waals surface area contributed by atoms with Crippen LogP contribution in [-0.4, -0.2) is 0 Å². The SMILES string of the molecule is C=CC(C)c1ccccc1.CC.[HH]. The smallest absolute Gasteiger partial charge is 0 e. The highest BCUT2D eigenvalue weighted by molar-refractivity contribution is 5.21. The third-order valence-electron chi connectivity index (χ3n) is 1.68. The summed E-state index contributed by atoms with van der Waals surface area (Å²) in [5, 5.41) is 0. The average molecular weight is 164 g/mol. The first-order chi connectivity index (χ1) is 5.84. The van der Waals surface area contributed by atoms with Gasteiger partial charge in [-0.2, -0.15) is 0 Å². The molecule has 0 aliphatic rings. The molecule has 0 saturated carbocycles. The van der Waals surface area contributed by atoms with Gasteiger partial charge in [0.2, 0.25) is 0 Å². The van der Waals surface area contributed by atoms with E-state index in [0.29, 0.717) is 5.92 Å². The molecule has 0 aliphatic carbocycles. The molecule has 0 bridgehead atoms. The molecule has 1 rings (SSSR count). The predicted molar refractivity (Wildman–Crippen MR) is 58.5 cm³/mol.